The van der Waals surface area contributed by atoms with Gasteiger partial charge in [-0.15, -0.1) is 0 Å². The number of nitrogens with one attached hydrogen (secondary N) is 1. The van der Waals surface area contributed by atoms with E-state index in [-0.39, 0.29) is 5.82 Å². The maximum absolute atomic E-state index is 14.4. The average Bonchev–Trinajstić information content (AvgIpc) is 3.25. The van der Waals surface area contributed by atoms with Crippen molar-refractivity contribution in [3.05, 3.63) is 29.6 Å². The fraction of sp³-hybridized carbons (Fsp3) is 0.647. The Morgan fingerprint density at radius 2 is 2.14 bits per heavy atom. The normalized spacial score (nSPS) is 22.1. The largest absolute Gasteiger partial charge is 0.368 e. The molecular weight excluding hydrogens is 283 g/mol. The van der Waals surface area contributed by atoms with E-state index in [9.17, 15) is 4.39 Å². The molecule has 0 unspecified atom stereocenters. The van der Waals surface area contributed by atoms with Crippen LogP contribution in [0.4, 0.5) is 10.1 Å². The molecule has 21 heavy (non-hydrogen) atoms. The van der Waals surface area contributed by atoms with Crippen LogP contribution in [0.1, 0.15) is 38.7 Å². The molecule has 1 heterocycles. The molecule has 1 N–H and O–H groups in total. The van der Waals surface area contributed by atoms with Crippen LogP contribution in [0.15, 0.2) is 18.2 Å². The fourth-order valence-electron chi connectivity index (χ4n) is 2.84. The summed E-state index contributed by atoms with van der Waals surface area (Å²) >= 11 is 2.00. The van der Waals surface area contributed by atoms with Crippen molar-refractivity contribution in [2.75, 3.05) is 23.7 Å². The molecule has 1 saturated heterocycles. The van der Waals surface area contributed by atoms with Crippen LogP contribution >= 0.6 is 11.8 Å². The zero-order chi connectivity index (χ0) is 14.9. The van der Waals surface area contributed by atoms with Crippen LogP contribution in [0.25, 0.3) is 0 Å². The minimum absolute atomic E-state index is 0.0743. The Labute approximate surface area is 131 Å². The number of benzene rings is 1. The average molecular weight is 308 g/mol. The summed E-state index contributed by atoms with van der Waals surface area (Å²) in [5.41, 5.74) is 1.93. The second kappa shape index (κ2) is 6.17. The van der Waals surface area contributed by atoms with E-state index < -0.39 is 0 Å². The zero-order valence-corrected chi connectivity index (χ0v) is 13.8. The van der Waals surface area contributed by atoms with Gasteiger partial charge in [0, 0.05) is 36.2 Å². The molecule has 0 spiro atoms. The van der Waals surface area contributed by atoms with Gasteiger partial charge in [-0.1, -0.05) is 26.0 Å². The summed E-state index contributed by atoms with van der Waals surface area (Å²) in [6.07, 6.45) is 3.62. The molecule has 0 bridgehead atoms. The van der Waals surface area contributed by atoms with Crippen molar-refractivity contribution in [2.45, 2.75) is 50.4 Å². The molecule has 2 nitrogen and oxygen atoms in total. The summed E-state index contributed by atoms with van der Waals surface area (Å²) in [5, 5.41) is 3.51. The van der Waals surface area contributed by atoms with Gasteiger partial charge in [0.25, 0.3) is 0 Å². The number of hydrogen-bond acceptors (Lipinski definition) is 3. The first-order chi connectivity index (χ1) is 10.1. The van der Waals surface area contributed by atoms with Gasteiger partial charge in [-0.25, -0.2) is 4.39 Å². The highest BCUT2D eigenvalue weighted by Gasteiger charge is 2.26. The molecule has 1 aromatic rings. The van der Waals surface area contributed by atoms with Crippen LogP contribution in [0.5, 0.6) is 0 Å². The van der Waals surface area contributed by atoms with Crippen LogP contribution in [0, 0.1) is 5.82 Å². The van der Waals surface area contributed by atoms with E-state index in [2.05, 4.69) is 30.1 Å². The number of anilines is 1. The summed E-state index contributed by atoms with van der Waals surface area (Å²) in [6.45, 7) is 7.24. The fourth-order valence-corrected chi connectivity index (χ4v) is 3.94. The minimum atomic E-state index is -0.0743. The summed E-state index contributed by atoms with van der Waals surface area (Å²) in [6, 6.07) is 6.15. The molecule has 1 aliphatic carbocycles. The van der Waals surface area contributed by atoms with E-state index in [1.807, 2.05) is 17.8 Å². The van der Waals surface area contributed by atoms with Gasteiger partial charge in [-0.05, 0) is 30.9 Å². The first kappa shape index (κ1) is 15.2. The highest BCUT2D eigenvalue weighted by molar-refractivity contribution is 8.00. The van der Waals surface area contributed by atoms with Crippen LogP contribution < -0.4 is 10.2 Å². The molecule has 1 aromatic carbocycles. The van der Waals surface area contributed by atoms with E-state index in [1.54, 1.807) is 6.07 Å². The summed E-state index contributed by atoms with van der Waals surface area (Å²) in [7, 11) is 0. The molecule has 1 aliphatic heterocycles. The van der Waals surface area contributed by atoms with Gasteiger partial charge < -0.3 is 10.2 Å². The van der Waals surface area contributed by atoms with E-state index in [0.29, 0.717) is 10.8 Å². The highest BCUT2D eigenvalue weighted by atomic mass is 32.2. The maximum Gasteiger partial charge on any atom is 0.146 e. The van der Waals surface area contributed by atoms with Crippen molar-refractivity contribution in [3.63, 3.8) is 0 Å². The lowest BCUT2D eigenvalue weighted by Gasteiger charge is -2.27. The molecule has 1 saturated carbocycles. The molecule has 4 heteroatoms. The van der Waals surface area contributed by atoms with Crippen LogP contribution in [-0.4, -0.2) is 29.6 Å². The van der Waals surface area contributed by atoms with Crippen molar-refractivity contribution in [1.82, 2.24) is 5.32 Å². The first-order valence-corrected chi connectivity index (χ1v) is 8.93. The molecular formula is C17H25FN2S. The Morgan fingerprint density at radius 1 is 1.33 bits per heavy atom. The van der Waals surface area contributed by atoms with Crippen molar-refractivity contribution in [2.24, 2.45) is 0 Å². The van der Waals surface area contributed by atoms with E-state index in [0.717, 1.165) is 43.1 Å². The molecule has 0 aromatic heterocycles. The molecule has 2 aliphatic rings. The monoisotopic (exact) mass is 308 g/mol. The second-order valence-electron chi connectivity index (χ2n) is 6.75. The SMILES string of the molecule is CC1(C)CCN(c2c(F)cccc2CNC2CC2)CCS1. The standard InChI is InChI=1S/C17H25FN2S/c1-17(2)8-9-20(10-11-21-17)16-13(4-3-5-15(16)18)12-19-14-6-7-14/h3-5,14,19H,6-12H2,1-2H3. The third-order valence-electron chi connectivity index (χ3n) is 4.38. The number of hydrogen-bond donors (Lipinski definition) is 1. The van der Waals surface area contributed by atoms with Gasteiger partial charge in [0.2, 0.25) is 0 Å². The molecule has 116 valence electrons. The molecule has 2 fully saturated rings. The zero-order valence-electron chi connectivity index (χ0n) is 13.0. The van der Waals surface area contributed by atoms with Crippen LogP contribution in [-0.2, 0) is 6.54 Å². The smallest absolute Gasteiger partial charge is 0.146 e. The van der Waals surface area contributed by atoms with Gasteiger partial charge in [0.1, 0.15) is 5.82 Å². The third kappa shape index (κ3) is 3.92. The van der Waals surface area contributed by atoms with Crippen molar-refractivity contribution in [1.29, 1.82) is 0 Å². The Hall–Kier alpha value is -0.740. The third-order valence-corrected chi connectivity index (χ3v) is 5.76. The number of para-hydroxylation sites is 1. The predicted molar refractivity (Wildman–Crippen MR) is 89.6 cm³/mol. The lowest BCUT2D eigenvalue weighted by atomic mass is 10.1. The van der Waals surface area contributed by atoms with Gasteiger partial charge in [-0.2, -0.15) is 11.8 Å². The molecule has 0 amide bonds. The van der Waals surface area contributed by atoms with Gasteiger partial charge in [0.15, 0.2) is 0 Å². The van der Waals surface area contributed by atoms with Crippen molar-refractivity contribution >= 4 is 17.4 Å². The Kier molecular flexibility index (Phi) is 4.46. The van der Waals surface area contributed by atoms with E-state index in [1.165, 1.54) is 12.8 Å². The first-order valence-electron chi connectivity index (χ1n) is 7.95. The lowest BCUT2D eigenvalue weighted by Crippen LogP contribution is -2.29. The number of halogens is 1. The minimum Gasteiger partial charge on any atom is -0.368 e. The summed E-state index contributed by atoms with van der Waals surface area (Å²) < 4.78 is 14.7. The predicted octanol–water partition coefficient (Wildman–Crippen LogP) is 3.80. The topological polar surface area (TPSA) is 15.3 Å². The number of nitrogens with zero attached hydrogens (tertiary/aromatic N) is 1. The molecule has 3 rings (SSSR count). The Bertz CT molecular complexity index is 500. The van der Waals surface area contributed by atoms with Crippen molar-refractivity contribution in [3.8, 4) is 0 Å². The number of thioether (sulfide) groups is 1. The summed E-state index contributed by atoms with van der Waals surface area (Å²) in [5.74, 6) is 0.992. The van der Waals surface area contributed by atoms with E-state index in [4.69, 9.17) is 0 Å². The Morgan fingerprint density at radius 3 is 2.90 bits per heavy atom. The number of rotatable bonds is 4. The van der Waals surface area contributed by atoms with Crippen LogP contribution in [0.2, 0.25) is 0 Å². The summed E-state index contributed by atoms with van der Waals surface area (Å²) in [4.78, 5) is 2.25. The highest BCUT2D eigenvalue weighted by Crippen LogP contribution is 2.34. The van der Waals surface area contributed by atoms with Gasteiger partial charge >= 0.3 is 0 Å². The quantitative estimate of drug-likeness (QED) is 0.911. The van der Waals surface area contributed by atoms with Crippen molar-refractivity contribution < 1.29 is 4.39 Å². The maximum atomic E-state index is 14.4. The van der Waals surface area contributed by atoms with Gasteiger partial charge in [0.05, 0.1) is 5.69 Å². The van der Waals surface area contributed by atoms with Crippen LogP contribution in [0.3, 0.4) is 0 Å². The lowest BCUT2D eigenvalue weighted by molar-refractivity contribution is 0.594. The molecule has 0 atom stereocenters. The second-order valence-corrected chi connectivity index (χ2v) is 8.55. The van der Waals surface area contributed by atoms with Gasteiger partial charge in [-0.3, -0.25) is 0 Å². The molecule has 0 radical (unpaired) electrons. The Balaban J connectivity index is 1.78. The van der Waals surface area contributed by atoms with E-state index >= 15 is 0 Å².